The molecule has 24 heavy (non-hydrogen) atoms. The van der Waals surface area contributed by atoms with Gasteiger partial charge in [0.15, 0.2) is 11.5 Å². The zero-order valence-corrected chi connectivity index (χ0v) is 14.2. The van der Waals surface area contributed by atoms with Crippen LogP contribution in [0, 0.1) is 5.92 Å². The molecule has 0 spiro atoms. The van der Waals surface area contributed by atoms with Gasteiger partial charge in [-0.25, -0.2) is 4.79 Å². The molecule has 2 N–H and O–H groups in total. The summed E-state index contributed by atoms with van der Waals surface area (Å²) >= 11 is 0. The number of nitrogens with zero attached hydrogens (tertiary/aromatic N) is 1. The lowest BCUT2D eigenvalue weighted by Gasteiger charge is -2.30. The van der Waals surface area contributed by atoms with Crippen LogP contribution in [0.15, 0.2) is 18.2 Å². The average Bonchev–Trinajstić information content (AvgIpc) is 2.55. The third kappa shape index (κ3) is 4.53. The minimum Gasteiger partial charge on any atom is -0.493 e. The van der Waals surface area contributed by atoms with E-state index < -0.39 is 5.97 Å². The molecule has 132 valence electrons. The molecule has 0 aromatic heterocycles. The Kier molecular flexibility index (Phi) is 5.89. The number of hydrogen-bond donors (Lipinski definition) is 2. The zero-order chi connectivity index (χ0) is 17.7. The van der Waals surface area contributed by atoms with Gasteiger partial charge in [0.1, 0.15) is 0 Å². The molecule has 2 rings (SSSR count). The van der Waals surface area contributed by atoms with Crippen LogP contribution in [0.4, 0.5) is 10.5 Å². The quantitative estimate of drug-likeness (QED) is 0.863. The highest BCUT2D eigenvalue weighted by atomic mass is 16.5. The number of benzene rings is 1. The lowest BCUT2D eigenvalue weighted by atomic mass is 9.97. The molecule has 0 unspecified atom stereocenters. The molecule has 1 aromatic carbocycles. The van der Waals surface area contributed by atoms with Crippen LogP contribution in [0.2, 0.25) is 0 Å². The Hall–Kier alpha value is -2.44. The van der Waals surface area contributed by atoms with E-state index in [-0.39, 0.29) is 18.1 Å². The number of carbonyl (C=O) groups excluding carboxylic acids is 1. The molecule has 2 amide bonds. The number of methoxy groups -OCH3 is 1. The van der Waals surface area contributed by atoms with Crippen LogP contribution in [-0.4, -0.2) is 48.3 Å². The number of hydrogen-bond acceptors (Lipinski definition) is 4. The van der Waals surface area contributed by atoms with E-state index >= 15 is 0 Å². The van der Waals surface area contributed by atoms with E-state index in [9.17, 15) is 9.59 Å². The number of urea groups is 1. The summed E-state index contributed by atoms with van der Waals surface area (Å²) in [7, 11) is 1.55. The van der Waals surface area contributed by atoms with E-state index in [1.165, 1.54) is 0 Å². The summed E-state index contributed by atoms with van der Waals surface area (Å²) in [5, 5.41) is 11.8. The largest absolute Gasteiger partial charge is 0.493 e. The van der Waals surface area contributed by atoms with Gasteiger partial charge in [0, 0.05) is 24.8 Å². The summed E-state index contributed by atoms with van der Waals surface area (Å²) in [6, 6.07) is 4.98. The first-order valence-electron chi connectivity index (χ1n) is 8.04. The van der Waals surface area contributed by atoms with E-state index in [0.29, 0.717) is 43.1 Å². The maximum atomic E-state index is 12.3. The van der Waals surface area contributed by atoms with Crippen molar-refractivity contribution in [2.24, 2.45) is 5.92 Å². The van der Waals surface area contributed by atoms with Crippen molar-refractivity contribution in [3.05, 3.63) is 18.2 Å². The molecule has 1 aliphatic heterocycles. The third-order valence-corrected chi connectivity index (χ3v) is 3.91. The van der Waals surface area contributed by atoms with Crippen molar-refractivity contribution in [3.63, 3.8) is 0 Å². The minimum atomic E-state index is -0.791. The van der Waals surface area contributed by atoms with Gasteiger partial charge in [-0.05, 0) is 38.8 Å². The van der Waals surface area contributed by atoms with Gasteiger partial charge in [0.25, 0.3) is 0 Å². The number of carbonyl (C=O) groups is 2. The van der Waals surface area contributed by atoms with Gasteiger partial charge in [-0.15, -0.1) is 0 Å². The number of anilines is 1. The van der Waals surface area contributed by atoms with Gasteiger partial charge in [-0.1, -0.05) is 0 Å². The van der Waals surface area contributed by atoms with Gasteiger partial charge in [0.05, 0.1) is 19.1 Å². The van der Waals surface area contributed by atoms with Crippen LogP contribution in [-0.2, 0) is 4.79 Å². The topological polar surface area (TPSA) is 88.1 Å². The first-order chi connectivity index (χ1) is 11.4. The molecular weight excluding hydrogens is 312 g/mol. The lowest BCUT2D eigenvalue weighted by Crippen LogP contribution is -2.42. The van der Waals surface area contributed by atoms with Gasteiger partial charge in [0.2, 0.25) is 0 Å². The molecule has 0 atom stereocenters. The van der Waals surface area contributed by atoms with E-state index in [2.05, 4.69) is 5.32 Å². The fourth-order valence-electron chi connectivity index (χ4n) is 2.63. The Morgan fingerprint density at radius 3 is 2.46 bits per heavy atom. The first-order valence-corrected chi connectivity index (χ1v) is 8.04. The number of nitrogens with one attached hydrogen (secondary N) is 1. The molecule has 0 aliphatic carbocycles. The Morgan fingerprint density at radius 2 is 1.92 bits per heavy atom. The SMILES string of the molecule is COc1cc(NC(=O)N2CCC(C(=O)O)CC2)ccc1OC(C)C. The smallest absolute Gasteiger partial charge is 0.321 e. The highest BCUT2D eigenvalue weighted by Gasteiger charge is 2.27. The van der Waals surface area contributed by atoms with Crippen LogP contribution >= 0.6 is 0 Å². The summed E-state index contributed by atoms with van der Waals surface area (Å²) in [5.41, 5.74) is 0.605. The van der Waals surface area contributed by atoms with Crippen LogP contribution in [0.25, 0.3) is 0 Å². The number of likely N-dealkylation sites (tertiary alicyclic amines) is 1. The summed E-state index contributed by atoms with van der Waals surface area (Å²) in [6.45, 7) is 4.73. The second-order valence-corrected chi connectivity index (χ2v) is 6.06. The van der Waals surface area contributed by atoms with Crippen molar-refractivity contribution in [1.82, 2.24) is 4.90 Å². The fraction of sp³-hybridized carbons (Fsp3) is 0.529. The van der Waals surface area contributed by atoms with E-state index in [4.69, 9.17) is 14.6 Å². The van der Waals surface area contributed by atoms with E-state index in [0.717, 1.165) is 0 Å². The van der Waals surface area contributed by atoms with Crippen LogP contribution < -0.4 is 14.8 Å². The number of aliphatic carboxylic acids is 1. The minimum absolute atomic E-state index is 0.0230. The molecule has 0 radical (unpaired) electrons. The van der Waals surface area contributed by atoms with Gasteiger partial charge in [-0.3, -0.25) is 4.79 Å². The number of carboxylic acid groups (broad SMARTS) is 1. The number of ether oxygens (including phenoxy) is 2. The van der Waals surface area contributed by atoms with E-state index in [1.54, 1.807) is 30.2 Å². The molecule has 1 aliphatic rings. The standard InChI is InChI=1S/C17H24N2O5/c1-11(2)24-14-5-4-13(10-15(14)23-3)18-17(22)19-8-6-12(7-9-19)16(20)21/h4-5,10-12H,6-9H2,1-3H3,(H,18,22)(H,20,21). The van der Waals surface area contributed by atoms with Crippen LogP contribution in [0.3, 0.4) is 0 Å². The predicted octanol–water partition coefficient (Wildman–Crippen LogP) is 2.81. The average molecular weight is 336 g/mol. The Morgan fingerprint density at radius 1 is 1.25 bits per heavy atom. The molecule has 0 bridgehead atoms. The Balaban J connectivity index is 1.98. The molecule has 1 aromatic rings. The van der Waals surface area contributed by atoms with Crippen molar-refractivity contribution < 1.29 is 24.2 Å². The molecule has 0 saturated carbocycles. The summed E-state index contributed by atoms with van der Waals surface area (Å²) < 4.78 is 10.9. The molecule has 1 fully saturated rings. The predicted molar refractivity (Wildman–Crippen MR) is 89.7 cm³/mol. The van der Waals surface area contributed by atoms with Crippen molar-refractivity contribution in [2.75, 3.05) is 25.5 Å². The highest BCUT2D eigenvalue weighted by molar-refractivity contribution is 5.90. The Labute approximate surface area is 141 Å². The molecule has 7 heteroatoms. The van der Waals surface area contributed by atoms with Crippen molar-refractivity contribution >= 4 is 17.7 Å². The third-order valence-electron chi connectivity index (χ3n) is 3.91. The van der Waals surface area contributed by atoms with Crippen LogP contribution in [0.1, 0.15) is 26.7 Å². The number of piperidine rings is 1. The van der Waals surface area contributed by atoms with Crippen LogP contribution in [0.5, 0.6) is 11.5 Å². The maximum Gasteiger partial charge on any atom is 0.321 e. The highest BCUT2D eigenvalue weighted by Crippen LogP contribution is 2.31. The molecular formula is C17H24N2O5. The molecule has 7 nitrogen and oxygen atoms in total. The van der Waals surface area contributed by atoms with E-state index in [1.807, 2.05) is 13.8 Å². The van der Waals surface area contributed by atoms with Crippen molar-refractivity contribution in [1.29, 1.82) is 0 Å². The molecule has 1 saturated heterocycles. The van der Waals surface area contributed by atoms with Gasteiger partial charge in [-0.2, -0.15) is 0 Å². The number of amides is 2. The Bertz CT molecular complexity index is 595. The lowest BCUT2D eigenvalue weighted by molar-refractivity contribution is -0.143. The second-order valence-electron chi connectivity index (χ2n) is 6.06. The summed E-state index contributed by atoms with van der Waals surface area (Å²) in [5.74, 6) is 0.0148. The van der Waals surface area contributed by atoms with Crippen molar-refractivity contribution in [2.45, 2.75) is 32.8 Å². The normalized spacial score (nSPS) is 15.2. The second kappa shape index (κ2) is 7.90. The fourth-order valence-corrected chi connectivity index (χ4v) is 2.63. The number of carboxylic acids is 1. The van der Waals surface area contributed by atoms with Gasteiger partial charge >= 0.3 is 12.0 Å². The first kappa shape index (κ1) is 17.9. The maximum absolute atomic E-state index is 12.3. The summed E-state index contributed by atoms with van der Waals surface area (Å²) in [6.07, 6.45) is 0.982. The molecule has 1 heterocycles. The summed E-state index contributed by atoms with van der Waals surface area (Å²) in [4.78, 5) is 24.9. The van der Waals surface area contributed by atoms with Crippen molar-refractivity contribution in [3.8, 4) is 11.5 Å². The number of rotatable bonds is 5. The monoisotopic (exact) mass is 336 g/mol. The van der Waals surface area contributed by atoms with Gasteiger partial charge < -0.3 is 24.8 Å². The zero-order valence-electron chi connectivity index (χ0n) is 14.2.